The van der Waals surface area contributed by atoms with E-state index >= 15 is 0 Å². The van der Waals surface area contributed by atoms with E-state index in [9.17, 15) is 4.79 Å². The van der Waals surface area contributed by atoms with E-state index in [1.165, 1.54) is 0 Å². The fourth-order valence-corrected chi connectivity index (χ4v) is 2.48. The molecule has 0 aliphatic heterocycles. The predicted molar refractivity (Wildman–Crippen MR) is 86.3 cm³/mol. The molecule has 2 aromatic carbocycles. The summed E-state index contributed by atoms with van der Waals surface area (Å²) in [7, 11) is 0. The lowest BCUT2D eigenvalue weighted by Crippen LogP contribution is -2.23. The van der Waals surface area contributed by atoms with Gasteiger partial charge in [-0.25, -0.2) is 0 Å². The van der Waals surface area contributed by atoms with Gasteiger partial charge in [0.25, 0.3) is 5.91 Å². The van der Waals surface area contributed by atoms with Crippen LogP contribution in [0.25, 0.3) is 0 Å². The molecule has 1 amide bonds. The Bertz CT molecular complexity index is 569. The first-order valence-corrected chi connectivity index (χ1v) is 7.48. The summed E-state index contributed by atoms with van der Waals surface area (Å²) in [6.45, 7) is 0.520. The third-order valence-corrected chi connectivity index (χ3v) is 4.00. The van der Waals surface area contributed by atoms with Gasteiger partial charge in [0.05, 0.1) is 5.56 Å². The molecule has 0 atom stereocenters. The Morgan fingerprint density at radius 1 is 1.05 bits per heavy atom. The van der Waals surface area contributed by atoms with Crippen LogP contribution in [0.5, 0.6) is 0 Å². The molecule has 0 saturated carbocycles. The van der Waals surface area contributed by atoms with Crippen molar-refractivity contribution < 1.29 is 4.79 Å². The molecular formula is C15H13ClINO. The summed E-state index contributed by atoms with van der Waals surface area (Å²) in [6.07, 6.45) is 0. The second-order valence-electron chi connectivity index (χ2n) is 4.11. The Morgan fingerprint density at radius 2 is 1.68 bits per heavy atom. The van der Waals surface area contributed by atoms with Gasteiger partial charge in [-0.3, -0.25) is 4.79 Å². The highest BCUT2D eigenvalue weighted by atomic mass is 127. The van der Waals surface area contributed by atoms with Gasteiger partial charge in [-0.1, -0.05) is 36.4 Å². The Kier molecular flexibility index (Phi) is 5.22. The van der Waals surface area contributed by atoms with E-state index < -0.39 is 0 Å². The third kappa shape index (κ3) is 3.94. The van der Waals surface area contributed by atoms with E-state index in [1.807, 2.05) is 48.5 Å². The lowest BCUT2D eigenvalue weighted by molar-refractivity contribution is 0.0950. The molecule has 0 aliphatic rings. The van der Waals surface area contributed by atoms with Gasteiger partial charge in [0.1, 0.15) is 0 Å². The summed E-state index contributed by atoms with van der Waals surface area (Å²) in [5.41, 5.74) is 2.85. The molecule has 0 spiro atoms. The van der Waals surface area contributed by atoms with E-state index in [0.29, 0.717) is 18.0 Å². The first-order chi connectivity index (χ1) is 9.20. The molecule has 1 N–H and O–H groups in total. The summed E-state index contributed by atoms with van der Waals surface area (Å²) in [5.74, 6) is 0.459. The monoisotopic (exact) mass is 385 g/mol. The van der Waals surface area contributed by atoms with E-state index in [2.05, 4.69) is 27.9 Å². The summed E-state index contributed by atoms with van der Waals surface area (Å²) in [6, 6.07) is 15.4. The van der Waals surface area contributed by atoms with Crippen LogP contribution < -0.4 is 5.32 Å². The van der Waals surface area contributed by atoms with Gasteiger partial charge in [-0.05, 0) is 45.9 Å². The van der Waals surface area contributed by atoms with Crippen molar-refractivity contribution in [2.75, 3.05) is 0 Å². The van der Waals surface area contributed by atoms with Crippen LogP contribution in [-0.4, -0.2) is 5.91 Å². The molecule has 0 saturated heterocycles. The molecule has 0 fully saturated rings. The van der Waals surface area contributed by atoms with E-state index in [-0.39, 0.29) is 5.91 Å². The second-order valence-corrected chi connectivity index (χ2v) is 5.54. The number of hydrogen-bond donors (Lipinski definition) is 1. The van der Waals surface area contributed by atoms with Crippen LogP contribution in [0, 0.1) is 3.57 Å². The van der Waals surface area contributed by atoms with E-state index in [1.54, 1.807) is 0 Å². The molecule has 2 aromatic rings. The summed E-state index contributed by atoms with van der Waals surface area (Å²) in [4.78, 5) is 12.0. The van der Waals surface area contributed by atoms with Gasteiger partial charge < -0.3 is 5.32 Å². The van der Waals surface area contributed by atoms with Crippen LogP contribution in [0.3, 0.4) is 0 Å². The molecule has 19 heavy (non-hydrogen) atoms. The fraction of sp³-hybridized carbons (Fsp3) is 0.133. The number of amides is 1. The molecule has 0 bridgehead atoms. The van der Waals surface area contributed by atoms with Gasteiger partial charge in [0.2, 0.25) is 0 Å². The first-order valence-electron chi connectivity index (χ1n) is 5.87. The Morgan fingerprint density at radius 3 is 2.32 bits per heavy atom. The predicted octanol–water partition coefficient (Wildman–Crippen LogP) is 3.96. The van der Waals surface area contributed by atoms with Gasteiger partial charge in [0, 0.05) is 16.0 Å². The Hall–Kier alpha value is -1.07. The number of hydrogen-bond acceptors (Lipinski definition) is 1. The van der Waals surface area contributed by atoms with Crippen LogP contribution in [0.2, 0.25) is 0 Å². The van der Waals surface area contributed by atoms with Crippen molar-refractivity contribution in [1.29, 1.82) is 0 Å². The second kappa shape index (κ2) is 6.91. The van der Waals surface area contributed by atoms with Crippen molar-refractivity contribution in [2.24, 2.45) is 0 Å². The molecule has 4 heteroatoms. The topological polar surface area (TPSA) is 29.1 Å². The Labute approximate surface area is 131 Å². The van der Waals surface area contributed by atoms with Gasteiger partial charge in [-0.2, -0.15) is 0 Å². The van der Waals surface area contributed by atoms with Crippen molar-refractivity contribution in [3.05, 3.63) is 68.8 Å². The normalized spacial score (nSPS) is 10.2. The summed E-state index contributed by atoms with van der Waals surface area (Å²) < 4.78 is 0.954. The highest BCUT2D eigenvalue weighted by molar-refractivity contribution is 14.1. The highest BCUT2D eigenvalue weighted by Gasteiger charge is 2.08. The number of alkyl halides is 1. The van der Waals surface area contributed by atoms with Crippen molar-refractivity contribution >= 4 is 40.1 Å². The zero-order valence-corrected chi connectivity index (χ0v) is 13.1. The SMILES string of the molecule is O=C(NCc1ccc(CCl)cc1)c1ccccc1I. The van der Waals surface area contributed by atoms with Crippen molar-refractivity contribution in [2.45, 2.75) is 12.4 Å². The molecule has 2 nitrogen and oxygen atoms in total. The molecule has 0 aliphatic carbocycles. The molecule has 98 valence electrons. The van der Waals surface area contributed by atoms with E-state index in [0.717, 1.165) is 14.7 Å². The van der Waals surface area contributed by atoms with Crippen molar-refractivity contribution in [1.82, 2.24) is 5.32 Å². The maximum absolute atomic E-state index is 12.0. The fourth-order valence-electron chi connectivity index (χ4n) is 1.67. The number of nitrogens with one attached hydrogen (secondary N) is 1. The average Bonchev–Trinajstić information content (AvgIpc) is 2.46. The number of benzene rings is 2. The maximum Gasteiger partial charge on any atom is 0.252 e. The minimum absolute atomic E-state index is 0.0496. The minimum Gasteiger partial charge on any atom is -0.348 e. The largest absolute Gasteiger partial charge is 0.348 e. The summed E-state index contributed by atoms with van der Waals surface area (Å²) >= 11 is 7.90. The average molecular weight is 386 g/mol. The standard InChI is InChI=1S/C15H13ClINO/c16-9-11-5-7-12(8-6-11)10-18-15(19)13-3-1-2-4-14(13)17/h1-8H,9-10H2,(H,18,19). The number of rotatable bonds is 4. The van der Waals surface area contributed by atoms with Crippen molar-refractivity contribution in [3.8, 4) is 0 Å². The number of carbonyl (C=O) groups is 1. The van der Waals surface area contributed by atoms with Gasteiger partial charge in [-0.15, -0.1) is 11.6 Å². The number of carbonyl (C=O) groups excluding carboxylic acids is 1. The van der Waals surface area contributed by atoms with Crippen LogP contribution >= 0.6 is 34.2 Å². The molecule has 0 heterocycles. The Balaban J connectivity index is 1.98. The first kappa shape index (κ1) is 14.3. The molecule has 0 unspecified atom stereocenters. The molecule has 2 rings (SSSR count). The lowest BCUT2D eigenvalue weighted by Gasteiger charge is -2.07. The van der Waals surface area contributed by atoms with Gasteiger partial charge >= 0.3 is 0 Å². The maximum atomic E-state index is 12.0. The number of halogens is 2. The summed E-state index contributed by atoms with van der Waals surface area (Å²) in [5, 5.41) is 2.92. The van der Waals surface area contributed by atoms with Crippen LogP contribution in [-0.2, 0) is 12.4 Å². The minimum atomic E-state index is -0.0496. The van der Waals surface area contributed by atoms with E-state index in [4.69, 9.17) is 11.6 Å². The lowest BCUT2D eigenvalue weighted by atomic mass is 10.1. The zero-order chi connectivity index (χ0) is 13.7. The molecular weight excluding hydrogens is 373 g/mol. The van der Waals surface area contributed by atoms with Gasteiger partial charge in [0.15, 0.2) is 0 Å². The molecule has 0 radical (unpaired) electrons. The third-order valence-electron chi connectivity index (χ3n) is 2.75. The van der Waals surface area contributed by atoms with Crippen LogP contribution in [0.15, 0.2) is 48.5 Å². The zero-order valence-electron chi connectivity index (χ0n) is 10.2. The van der Waals surface area contributed by atoms with Crippen molar-refractivity contribution in [3.63, 3.8) is 0 Å². The smallest absolute Gasteiger partial charge is 0.252 e. The molecule has 0 aromatic heterocycles. The highest BCUT2D eigenvalue weighted by Crippen LogP contribution is 2.12. The quantitative estimate of drug-likeness (QED) is 0.626. The van der Waals surface area contributed by atoms with Crippen LogP contribution in [0.1, 0.15) is 21.5 Å². The van der Waals surface area contributed by atoms with Crippen LogP contribution in [0.4, 0.5) is 0 Å².